The van der Waals surface area contributed by atoms with Gasteiger partial charge in [0, 0.05) is 26.2 Å². The zero-order valence-corrected chi connectivity index (χ0v) is 15.8. The molecule has 2 atom stereocenters. The van der Waals surface area contributed by atoms with E-state index in [1.165, 1.54) is 13.0 Å². The first-order chi connectivity index (χ1) is 11.1. The summed E-state index contributed by atoms with van der Waals surface area (Å²) in [5.41, 5.74) is 0. The van der Waals surface area contributed by atoms with Gasteiger partial charge < -0.3 is 14.5 Å². The summed E-state index contributed by atoms with van der Waals surface area (Å²) in [5, 5.41) is 0. The van der Waals surface area contributed by atoms with Crippen LogP contribution >= 0.6 is 12.6 Å². The SMILES string of the molecule is CC(C)CCN1CCC(OC2CCN(CCCS)CC2F)CC1. The van der Waals surface area contributed by atoms with Crippen LogP contribution in [0.25, 0.3) is 0 Å². The van der Waals surface area contributed by atoms with Crippen LogP contribution in [-0.2, 0) is 4.74 Å². The van der Waals surface area contributed by atoms with Crippen LogP contribution < -0.4 is 0 Å². The fourth-order valence-electron chi connectivity index (χ4n) is 3.55. The van der Waals surface area contributed by atoms with E-state index in [-0.39, 0.29) is 12.2 Å². The van der Waals surface area contributed by atoms with E-state index >= 15 is 0 Å². The normalized spacial score (nSPS) is 28.6. The lowest BCUT2D eigenvalue weighted by atomic mass is 10.0. The molecule has 0 aromatic rings. The number of piperidine rings is 2. The molecule has 3 nitrogen and oxygen atoms in total. The molecule has 2 heterocycles. The van der Waals surface area contributed by atoms with E-state index in [0.29, 0.717) is 6.54 Å². The Balaban J connectivity index is 1.64. The lowest BCUT2D eigenvalue weighted by Crippen LogP contribution is -2.48. The summed E-state index contributed by atoms with van der Waals surface area (Å²) in [7, 11) is 0. The molecule has 0 bridgehead atoms. The van der Waals surface area contributed by atoms with Crippen molar-refractivity contribution in [3.63, 3.8) is 0 Å². The molecule has 0 spiro atoms. The van der Waals surface area contributed by atoms with Crippen molar-refractivity contribution in [2.75, 3.05) is 45.0 Å². The van der Waals surface area contributed by atoms with E-state index < -0.39 is 6.17 Å². The van der Waals surface area contributed by atoms with Crippen molar-refractivity contribution in [3.8, 4) is 0 Å². The lowest BCUT2D eigenvalue weighted by molar-refractivity contribution is -0.0985. The van der Waals surface area contributed by atoms with Gasteiger partial charge in [-0.15, -0.1) is 0 Å². The molecule has 23 heavy (non-hydrogen) atoms. The van der Waals surface area contributed by atoms with Gasteiger partial charge in [0.25, 0.3) is 0 Å². The largest absolute Gasteiger partial charge is 0.372 e. The molecule has 2 saturated heterocycles. The standard InChI is InChI=1S/C18H35FN2OS/c1-15(2)4-9-20-10-5-16(6-11-20)22-18-7-12-21(8-3-13-23)14-17(18)19/h15-18,23H,3-14H2,1-2H3. The fraction of sp³-hybridized carbons (Fsp3) is 1.00. The number of thiol groups is 1. The number of hydrogen-bond acceptors (Lipinski definition) is 4. The molecule has 0 saturated carbocycles. The third kappa shape index (κ3) is 6.89. The van der Waals surface area contributed by atoms with Crippen molar-refractivity contribution in [1.82, 2.24) is 9.80 Å². The summed E-state index contributed by atoms with van der Waals surface area (Å²) in [6, 6.07) is 0. The highest BCUT2D eigenvalue weighted by Gasteiger charge is 2.32. The van der Waals surface area contributed by atoms with Crippen molar-refractivity contribution in [2.45, 2.75) is 64.3 Å². The van der Waals surface area contributed by atoms with Gasteiger partial charge in [-0.3, -0.25) is 0 Å². The van der Waals surface area contributed by atoms with Crippen LogP contribution in [0.3, 0.4) is 0 Å². The molecule has 0 amide bonds. The number of hydrogen-bond donors (Lipinski definition) is 1. The number of ether oxygens (including phenoxy) is 1. The van der Waals surface area contributed by atoms with Crippen LogP contribution in [0.1, 0.15) is 46.0 Å². The van der Waals surface area contributed by atoms with Crippen molar-refractivity contribution in [1.29, 1.82) is 0 Å². The molecule has 0 aromatic carbocycles. The highest BCUT2D eigenvalue weighted by Crippen LogP contribution is 2.23. The molecule has 0 aliphatic carbocycles. The summed E-state index contributed by atoms with van der Waals surface area (Å²) < 4.78 is 20.5. The molecule has 0 radical (unpaired) electrons. The maximum Gasteiger partial charge on any atom is 0.139 e. The zero-order valence-electron chi connectivity index (χ0n) is 14.9. The Labute approximate surface area is 147 Å². The first-order valence-corrected chi connectivity index (χ1v) is 10.1. The number of rotatable bonds is 8. The van der Waals surface area contributed by atoms with Gasteiger partial charge in [0.15, 0.2) is 0 Å². The van der Waals surface area contributed by atoms with Crippen LogP contribution in [0.5, 0.6) is 0 Å². The zero-order chi connectivity index (χ0) is 16.7. The molecule has 0 aromatic heterocycles. The summed E-state index contributed by atoms with van der Waals surface area (Å²) in [6.07, 6.45) is 4.50. The number of nitrogens with zero attached hydrogens (tertiary/aromatic N) is 2. The molecule has 2 rings (SSSR count). The topological polar surface area (TPSA) is 15.7 Å². The second-order valence-electron chi connectivity index (χ2n) is 7.58. The average molecular weight is 347 g/mol. The molecular weight excluding hydrogens is 311 g/mol. The van der Waals surface area contributed by atoms with Gasteiger partial charge >= 0.3 is 0 Å². The van der Waals surface area contributed by atoms with E-state index in [1.807, 2.05) is 0 Å². The Morgan fingerprint density at radius 2 is 1.78 bits per heavy atom. The highest BCUT2D eigenvalue weighted by atomic mass is 32.1. The monoisotopic (exact) mass is 346 g/mol. The Morgan fingerprint density at radius 3 is 2.39 bits per heavy atom. The molecule has 2 aliphatic heterocycles. The Morgan fingerprint density at radius 1 is 1.09 bits per heavy atom. The minimum absolute atomic E-state index is 0.186. The number of halogens is 1. The van der Waals surface area contributed by atoms with Gasteiger partial charge in [0.1, 0.15) is 6.17 Å². The van der Waals surface area contributed by atoms with Crippen molar-refractivity contribution in [2.24, 2.45) is 5.92 Å². The molecule has 0 N–H and O–H groups in total. The maximum absolute atomic E-state index is 14.4. The Hall–Kier alpha value is 0.160. The van der Waals surface area contributed by atoms with Gasteiger partial charge in [-0.1, -0.05) is 13.8 Å². The minimum Gasteiger partial charge on any atom is -0.372 e. The third-order valence-electron chi connectivity index (χ3n) is 5.12. The molecule has 136 valence electrons. The second-order valence-corrected chi connectivity index (χ2v) is 8.03. The number of alkyl halides is 1. The quantitative estimate of drug-likeness (QED) is 0.680. The van der Waals surface area contributed by atoms with Crippen LogP contribution in [-0.4, -0.2) is 73.2 Å². The smallest absolute Gasteiger partial charge is 0.139 e. The van der Waals surface area contributed by atoms with E-state index in [4.69, 9.17) is 4.74 Å². The maximum atomic E-state index is 14.4. The predicted molar refractivity (Wildman–Crippen MR) is 98.2 cm³/mol. The summed E-state index contributed by atoms with van der Waals surface area (Å²) >= 11 is 4.23. The molecule has 2 aliphatic rings. The first-order valence-electron chi connectivity index (χ1n) is 9.43. The predicted octanol–water partition coefficient (Wildman–Crippen LogP) is 3.25. The number of likely N-dealkylation sites (tertiary alicyclic amines) is 2. The Bertz CT molecular complexity index is 324. The second kappa shape index (κ2) is 10.2. The lowest BCUT2D eigenvalue weighted by Gasteiger charge is -2.38. The van der Waals surface area contributed by atoms with Gasteiger partial charge in [-0.25, -0.2) is 4.39 Å². The van der Waals surface area contributed by atoms with E-state index in [9.17, 15) is 4.39 Å². The molecule has 2 fully saturated rings. The van der Waals surface area contributed by atoms with Crippen LogP contribution in [0, 0.1) is 5.92 Å². The van der Waals surface area contributed by atoms with Gasteiger partial charge in [-0.05, 0) is 56.9 Å². The molecule has 5 heteroatoms. The average Bonchev–Trinajstić information content (AvgIpc) is 2.54. The van der Waals surface area contributed by atoms with Crippen molar-refractivity contribution in [3.05, 3.63) is 0 Å². The minimum atomic E-state index is -0.831. The summed E-state index contributed by atoms with van der Waals surface area (Å²) in [4.78, 5) is 4.75. The van der Waals surface area contributed by atoms with E-state index in [2.05, 4.69) is 36.3 Å². The Kier molecular flexibility index (Phi) is 8.66. The van der Waals surface area contributed by atoms with Crippen molar-refractivity contribution < 1.29 is 9.13 Å². The van der Waals surface area contributed by atoms with E-state index in [1.54, 1.807) is 0 Å². The van der Waals surface area contributed by atoms with Crippen LogP contribution in [0.15, 0.2) is 0 Å². The van der Waals surface area contributed by atoms with Crippen LogP contribution in [0.4, 0.5) is 4.39 Å². The van der Waals surface area contributed by atoms with Crippen LogP contribution in [0.2, 0.25) is 0 Å². The highest BCUT2D eigenvalue weighted by molar-refractivity contribution is 7.80. The third-order valence-corrected chi connectivity index (χ3v) is 5.44. The van der Waals surface area contributed by atoms with Gasteiger partial charge in [0.2, 0.25) is 0 Å². The van der Waals surface area contributed by atoms with Crippen molar-refractivity contribution >= 4 is 12.6 Å². The van der Waals surface area contributed by atoms with Gasteiger partial charge in [-0.2, -0.15) is 12.6 Å². The molecule has 2 unspecified atom stereocenters. The molecular formula is C18H35FN2OS. The van der Waals surface area contributed by atoms with E-state index in [0.717, 1.165) is 63.5 Å². The first kappa shape index (κ1) is 19.5. The summed E-state index contributed by atoms with van der Waals surface area (Å²) in [5.74, 6) is 1.65. The van der Waals surface area contributed by atoms with Gasteiger partial charge in [0.05, 0.1) is 12.2 Å². The fourth-order valence-corrected chi connectivity index (χ4v) is 3.70. The summed E-state index contributed by atoms with van der Waals surface area (Å²) in [6.45, 7) is 10.4.